The smallest absolute Gasteiger partial charge is 0.350 e. The van der Waals surface area contributed by atoms with E-state index in [9.17, 15) is 14.4 Å². The van der Waals surface area contributed by atoms with Crippen molar-refractivity contribution in [2.24, 2.45) is 5.73 Å². The summed E-state index contributed by atoms with van der Waals surface area (Å²) in [4.78, 5) is 37.8. The van der Waals surface area contributed by atoms with Gasteiger partial charge in [-0.25, -0.2) is 4.79 Å². The number of likely N-dealkylation sites (tertiary alicyclic amines) is 1. The van der Waals surface area contributed by atoms with Gasteiger partial charge in [0.05, 0.1) is 5.02 Å². The average Bonchev–Trinajstić information content (AvgIpc) is 2.95. The summed E-state index contributed by atoms with van der Waals surface area (Å²) in [6.07, 6.45) is 2.14. The zero-order valence-corrected chi connectivity index (χ0v) is 16.0. The minimum absolute atomic E-state index is 0.210. The number of fused-ring (bicyclic) bond motifs is 1. The number of nitrogens with zero attached hydrogens (tertiary/aromatic N) is 1. The molecule has 0 spiro atoms. The first-order valence-corrected chi connectivity index (χ1v) is 9.59. The van der Waals surface area contributed by atoms with Crippen LogP contribution in [0.25, 0.3) is 10.1 Å². The Labute approximate surface area is 163 Å². The largest absolute Gasteiger partial charge is 0.451 e. The maximum atomic E-state index is 12.3. The number of hydrogen-bond acceptors (Lipinski definition) is 5. The van der Waals surface area contributed by atoms with Gasteiger partial charge < -0.3 is 15.4 Å². The molecular weight excluding hydrogens is 399 g/mol. The number of primary amides is 1. The Kier molecular flexibility index (Phi) is 5.70. The number of rotatable bonds is 4. The summed E-state index contributed by atoms with van der Waals surface area (Å²) < 4.78 is 5.88. The molecule has 2 aromatic rings. The van der Waals surface area contributed by atoms with E-state index in [1.807, 2.05) is 0 Å². The van der Waals surface area contributed by atoms with Crippen LogP contribution in [-0.4, -0.2) is 41.9 Å². The number of carbonyl (C=O) groups is 3. The molecule has 1 saturated heterocycles. The summed E-state index contributed by atoms with van der Waals surface area (Å²) in [5.41, 5.74) is 5.35. The Morgan fingerprint density at radius 1 is 1.27 bits per heavy atom. The van der Waals surface area contributed by atoms with Crippen LogP contribution in [0.3, 0.4) is 0 Å². The SMILES string of the molecule is NC(=O)[C@@H]1CCCCN1C(=O)COC(=O)c1sc2cc(Cl)ccc2c1Cl. The summed E-state index contributed by atoms with van der Waals surface area (Å²) in [5.74, 6) is -1.68. The van der Waals surface area contributed by atoms with Crippen LogP contribution in [0.2, 0.25) is 10.0 Å². The van der Waals surface area contributed by atoms with Gasteiger partial charge in [0, 0.05) is 21.7 Å². The van der Waals surface area contributed by atoms with E-state index in [4.69, 9.17) is 33.7 Å². The van der Waals surface area contributed by atoms with Crippen molar-refractivity contribution in [2.45, 2.75) is 25.3 Å². The van der Waals surface area contributed by atoms with Gasteiger partial charge in [-0.1, -0.05) is 29.3 Å². The Morgan fingerprint density at radius 3 is 2.77 bits per heavy atom. The number of esters is 1. The molecule has 26 heavy (non-hydrogen) atoms. The number of nitrogens with two attached hydrogens (primary N) is 1. The highest BCUT2D eigenvalue weighted by Crippen LogP contribution is 2.37. The predicted octanol–water partition coefficient (Wildman–Crippen LogP) is 3.23. The van der Waals surface area contributed by atoms with Crippen molar-refractivity contribution in [1.29, 1.82) is 0 Å². The van der Waals surface area contributed by atoms with Crippen molar-refractivity contribution < 1.29 is 19.1 Å². The van der Waals surface area contributed by atoms with Crippen molar-refractivity contribution in [3.8, 4) is 0 Å². The third-order valence-electron chi connectivity index (χ3n) is 4.26. The fourth-order valence-electron chi connectivity index (χ4n) is 2.97. The van der Waals surface area contributed by atoms with Crippen LogP contribution in [0.1, 0.15) is 28.9 Å². The van der Waals surface area contributed by atoms with E-state index in [2.05, 4.69) is 0 Å². The van der Waals surface area contributed by atoms with Gasteiger partial charge in [0.2, 0.25) is 5.91 Å². The Morgan fingerprint density at radius 2 is 2.04 bits per heavy atom. The van der Waals surface area contributed by atoms with Crippen LogP contribution in [0, 0.1) is 0 Å². The van der Waals surface area contributed by atoms with Gasteiger partial charge in [0.15, 0.2) is 6.61 Å². The lowest BCUT2D eigenvalue weighted by molar-refractivity contribution is -0.143. The van der Waals surface area contributed by atoms with Crippen molar-refractivity contribution in [3.63, 3.8) is 0 Å². The summed E-state index contributed by atoms with van der Waals surface area (Å²) in [6, 6.07) is 4.47. The van der Waals surface area contributed by atoms with Gasteiger partial charge >= 0.3 is 5.97 Å². The molecule has 6 nitrogen and oxygen atoms in total. The monoisotopic (exact) mass is 414 g/mol. The third kappa shape index (κ3) is 3.79. The number of ether oxygens (including phenoxy) is 1. The molecular formula is C17H16Cl2N2O4S. The number of halogens is 2. The molecule has 138 valence electrons. The molecule has 0 aliphatic carbocycles. The maximum absolute atomic E-state index is 12.3. The number of carbonyl (C=O) groups excluding carboxylic acids is 3. The van der Waals surface area contributed by atoms with E-state index >= 15 is 0 Å². The van der Waals surface area contributed by atoms with E-state index in [0.717, 1.165) is 28.9 Å². The highest BCUT2D eigenvalue weighted by molar-refractivity contribution is 7.21. The van der Waals surface area contributed by atoms with E-state index in [0.29, 0.717) is 23.4 Å². The second kappa shape index (κ2) is 7.82. The molecule has 1 aliphatic heterocycles. The lowest BCUT2D eigenvalue weighted by Crippen LogP contribution is -2.51. The van der Waals surface area contributed by atoms with Crippen molar-refractivity contribution >= 4 is 62.4 Å². The van der Waals surface area contributed by atoms with Gasteiger partial charge in [-0.05, 0) is 31.4 Å². The van der Waals surface area contributed by atoms with Crippen LogP contribution in [0.5, 0.6) is 0 Å². The normalized spacial score (nSPS) is 17.3. The second-order valence-electron chi connectivity index (χ2n) is 5.96. The molecule has 1 aromatic carbocycles. The molecule has 2 heterocycles. The molecule has 1 fully saturated rings. The summed E-state index contributed by atoms with van der Waals surface area (Å²) in [5, 5.41) is 1.50. The number of hydrogen-bond donors (Lipinski definition) is 1. The van der Waals surface area contributed by atoms with Gasteiger partial charge in [0.1, 0.15) is 10.9 Å². The highest BCUT2D eigenvalue weighted by atomic mass is 35.5. The fraction of sp³-hybridized carbons (Fsp3) is 0.353. The molecule has 1 aromatic heterocycles. The lowest BCUT2D eigenvalue weighted by atomic mass is 10.0. The molecule has 2 amide bonds. The average molecular weight is 415 g/mol. The molecule has 2 N–H and O–H groups in total. The zero-order chi connectivity index (χ0) is 18.8. The Bertz CT molecular complexity index is 883. The van der Waals surface area contributed by atoms with Crippen LogP contribution in [-0.2, 0) is 14.3 Å². The van der Waals surface area contributed by atoms with E-state index in [1.165, 1.54) is 4.90 Å². The van der Waals surface area contributed by atoms with Crippen LogP contribution in [0.15, 0.2) is 18.2 Å². The summed E-state index contributed by atoms with van der Waals surface area (Å²) >= 11 is 13.3. The Hall–Kier alpha value is -1.83. The van der Waals surface area contributed by atoms with Crippen molar-refractivity contribution in [2.75, 3.05) is 13.2 Å². The predicted molar refractivity (Wildman–Crippen MR) is 101 cm³/mol. The number of amides is 2. The molecule has 0 saturated carbocycles. The quantitative estimate of drug-likeness (QED) is 0.777. The minimum Gasteiger partial charge on any atom is -0.451 e. The number of benzene rings is 1. The molecule has 0 radical (unpaired) electrons. The van der Waals surface area contributed by atoms with Gasteiger partial charge in [-0.3, -0.25) is 9.59 Å². The van der Waals surface area contributed by atoms with E-state index < -0.39 is 30.4 Å². The van der Waals surface area contributed by atoms with Crippen LogP contribution in [0.4, 0.5) is 0 Å². The van der Waals surface area contributed by atoms with Crippen LogP contribution >= 0.6 is 34.5 Å². The summed E-state index contributed by atoms with van der Waals surface area (Å²) in [6.45, 7) is -0.0416. The zero-order valence-electron chi connectivity index (χ0n) is 13.7. The minimum atomic E-state index is -0.687. The van der Waals surface area contributed by atoms with Crippen molar-refractivity contribution in [3.05, 3.63) is 33.1 Å². The number of piperidine rings is 1. The van der Waals surface area contributed by atoms with Gasteiger partial charge in [-0.15, -0.1) is 11.3 Å². The van der Waals surface area contributed by atoms with Crippen molar-refractivity contribution in [1.82, 2.24) is 4.90 Å². The van der Waals surface area contributed by atoms with Crippen LogP contribution < -0.4 is 5.73 Å². The Balaban J connectivity index is 1.69. The first-order chi connectivity index (χ1) is 12.4. The molecule has 3 rings (SSSR count). The fourth-order valence-corrected chi connectivity index (χ4v) is 4.65. The standard InChI is InChI=1S/C17H16Cl2N2O4S/c18-9-4-5-10-12(7-9)26-15(14(10)19)17(24)25-8-13(22)21-6-2-1-3-11(21)16(20)23/h4-5,7,11H,1-3,6,8H2,(H2,20,23)/t11-/m0/s1. The van der Waals surface area contributed by atoms with Gasteiger partial charge in [-0.2, -0.15) is 0 Å². The van der Waals surface area contributed by atoms with E-state index in [1.54, 1.807) is 18.2 Å². The molecule has 0 unspecified atom stereocenters. The lowest BCUT2D eigenvalue weighted by Gasteiger charge is -2.33. The topological polar surface area (TPSA) is 89.7 Å². The first kappa shape index (κ1) is 18.9. The molecule has 1 aliphatic rings. The van der Waals surface area contributed by atoms with E-state index in [-0.39, 0.29) is 9.90 Å². The summed E-state index contributed by atoms with van der Waals surface area (Å²) in [7, 11) is 0. The third-order valence-corrected chi connectivity index (χ3v) is 6.13. The molecule has 0 bridgehead atoms. The maximum Gasteiger partial charge on any atom is 0.350 e. The molecule has 1 atom stereocenters. The highest BCUT2D eigenvalue weighted by Gasteiger charge is 2.31. The molecule has 9 heteroatoms. The van der Waals surface area contributed by atoms with Gasteiger partial charge in [0.25, 0.3) is 5.91 Å². The second-order valence-corrected chi connectivity index (χ2v) is 7.83. The first-order valence-electron chi connectivity index (χ1n) is 8.02. The number of thiophene rings is 1.